The van der Waals surface area contributed by atoms with E-state index in [0.29, 0.717) is 0 Å². The minimum atomic E-state index is -1.04. The second-order valence-electron chi connectivity index (χ2n) is 5.96. The van der Waals surface area contributed by atoms with E-state index in [2.05, 4.69) is 4.98 Å². The monoisotopic (exact) mass is 404 g/mol. The first kappa shape index (κ1) is 22.2. The second kappa shape index (κ2) is 9.73. The van der Waals surface area contributed by atoms with Crippen molar-refractivity contribution < 1.29 is 23.9 Å². The second-order valence-corrected chi connectivity index (χ2v) is 6.76. The van der Waals surface area contributed by atoms with E-state index in [1.54, 1.807) is 27.7 Å². The maximum Gasteiger partial charge on any atom is 0.315 e. The average Bonchev–Trinajstić information content (AvgIpc) is 2.50. The highest BCUT2D eigenvalue weighted by molar-refractivity contribution is 6.35. The van der Waals surface area contributed by atoms with E-state index < -0.39 is 29.8 Å². The molecule has 1 aromatic heterocycles. The molecular formula is C17H22Cl2N2O5. The van der Waals surface area contributed by atoms with Gasteiger partial charge in [0.25, 0.3) is 0 Å². The Balaban J connectivity index is 3.28. The molecule has 0 unspecified atom stereocenters. The van der Waals surface area contributed by atoms with Crippen molar-refractivity contribution in [3.63, 3.8) is 0 Å². The van der Waals surface area contributed by atoms with Gasteiger partial charge in [-0.05, 0) is 27.7 Å². The average molecular weight is 405 g/mol. The molecule has 0 N–H and O–H groups in total. The third-order valence-corrected chi connectivity index (χ3v) is 3.88. The number of carbonyl (C=O) groups is 3. The molecule has 9 heteroatoms. The molecule has 0 aliphatic carbocycles. The van der Waals surface area contributed by atoms with Crippen LogP contribution in [0.15, 0.2) is 12.3 Å². The van der Waals surface area contributed by atoms with Gasteiger partial charge in [0.15, 0.2) is 0 Å². The summed E-state index contributed by atoms with van der Waals surface area (Å²) in [6, 6.07) is 1.40. The van der Waals surface area contributed by atoms with Crippen molar-refractivity contribution in [3.05, 3.63) is 22.4 Å². The lowest BCUT2D eigenvalue weighted by molar-refractivity contribution is -0.145. The van der Waals surface area contributed by atoms with Gasteiger partial charge in [0.2, 0.25) is 5.91 Å². The molecule has 1 heterocycles. The maximum absolute atomic E-state index is 12.8. The van der Waals surface area contributed by atoms with E-state index >= 15 is 0 Å². The Kier molecular flexibility index (Phi) is 8.30. The highest BCUT2D eigenvalue weighted by Gasteiger charge is 2.37. The third-order valence-electron chi connectivity index (χ3n) is 3.38. The fourth-order valence-electron chi connectivity index (χ4n) is 2.43. The van der Waals surface area contributed by atoms with E-state index in [1.165, 1.54) is 17.2 Å². The molecule has 0 spiro atoms. The van der Waals surface area contributed by atoms with Crippen LogP contribution in [-0.2, 0) is 23.9 Å². The summed E-state index contributed by atoms with van der Waals surface area (Å²) in [7, 11) is 0. The summed E-state index contributed by atoms with van der Waals surface area (Å²) in [4.78, 5) is 41.7. The lowest BCUT2D eigenvalue weighted by Crippen LogP contribution is -2.50. The van der Waals surface area contributed by atoms with Crippen LogP contribution in [0.2, 0.25) is 10.2 Å². The molecule has 0 radical (unpaired) electrons. The first-order valence-corrected chi connectivity index (χ1v) is 8.83. The molecule has 1 rings (SSSR count). The van der Waals surface area contributed by atoms with Crippen LogP contribution in [0.1, 0.15) is 40.5 Å². The first-order valence-electron chi connectivity index (χ1n) is 8.07. The Morgan fingerprint density at radius 3 is 2.27 bits per heavy atom. The largest absolute Gasteiger partial charge is 0.466 e. The number of carbonyl (C=O) groups excluding carboxylic acids is 3. The van der Waals surface area contributed by atoms with E-state index in [0.717, 1.165) is 0 Å². The van der Waals surface area contributed by atoms with Gasteiger partial charge in [-0.1, -0.05) is 23.2 Å². The van der Waals surface area contributed by atoms with Crippen molar-refractivity contribution in [3.8, 4) is 0 Å². The molecule has 0 bridgehead atoms. The number of esters is 2. The van der Waals surface area contributed by atoms with Crippen LogP contribution < -0.4 is 4.90 Å². The highest BCUT2D eigenvalue weighted by atomic mass is 35.5. The maximum atomic E-state index is 12.8. The molecule has 0 aliphatic heterocycles. The lowest BCUT2D eigenvalue weighted by atomic mass is 9.96. The summed E-state index contributed by atoms with van der Waals surface area (Å²) < 4.78 is 9.81. The van der Waals surface area contributed by atoms with Gasteiger partial charge in [0, 0.05) is 12.3 Å². The molecule has 144 valence electrons. The van der Waals surface area contributed by atoms with E-state index in [9.17, 15) is 14.4 Å². The van der Waals surface area contributed by atoms with Gasteiger partial charge >= 0.3 is 11.9 Å². The number of hydrogen-bond donors (Lipinski definition) is 0. The Labute approximate surface area is 162 Å². The van der Waals surface area contributed by atoms with Gasteiger partial charge in [-0.25, -0.2) is 4.98 Å². The fraction of sp³-hybridized carbons (Fsp3) is 0.529. The molecule has 1 amide bonds. The SMILES string of the molecule is CCOC(=O)CC(=O)N(c1cc(Cl)ncc1Cl)C(C)(C)CC(=O)OCC. The summed E-state index contributed by atoms with van der Waals surface area (Å²) in [5, 5.41) is 0.272. The Morgan fingerprint density at radius 2 is 1.69 bits per heavy atom. The van der Waals surface area contributed by atoms with Crippen LogP contribution >= 0.6 is 23.2 Å². The number of hydrogen-bond acceptors (Lipinski definition) is 6. The lowest BCUT2D eigenvalue weighted by Gasteiger charge is -2.38. The first-order chi connectivity index (χ1) is 12.1. The van der Waals surface area contributed by atoms with E-state index in [4.69, 9.17) is 32.7 Å². The molecule has 0 aliphatic rings. The van der Waals surface area contributed by atoms with Gasteiger partial charge in [0.05, 0.1) is 35.9 Å². The van der Waals surface area contributed by atoms with Crippen molar-refractivity contribution in [2.45, 2.75) is 46.1 Å². The van der Waals surface area contributed by atoms with Crippen LogP contribution in [0.5, 0.6) is 0 Å². The number of rotatable bonds is 8. The smallest absolute Gasteiger partial charge is 0.315 e. The van der Waals surface area contributed by atoms with Gasteiger partial charge in [0.1, 0.15) is 11.6 Å². The number of nitrogens with zero attached hydrogens (tertiary/aromatic N) is 2. The van der Waals surface area contributed by atoms with Crippen LogP contribution in [0, 0.1) is 0 Å². The fourth-order valence-corrected chi connectivity index (χ4v) is 2.77. The van der Waals surface area contributed by atoms with Gasteiger partial charge in [-0.15, -0.1) is 0 Å². The van der Waals surface area contributed by atoms with Crippen molar-refractivity contribution in [2.75, 3.05) is 18.1 Å². The number of ether oxygens (including phenoxy) is 2. The van der Waals surface area contributed by atoms with Crippen molar-refractivity contribution in [2.24, 2.45) is 0 Å². The number of anilines is 1. The minimum absolute atomic E-state index is 0.105. The number of amides is 1. The Morgan fingerprint density at radius 1 is 1.12 bits per heavy atom. The molecule has 0 atom stereocenters. The minimum Gasteiger partial charge on any atom is -0.466 e. The van der Waals surface area contributed by atoms with Crippen molar-refractivity contribution in [1.82, 2.24) is 4.98 Å². The Hall–Kier alpha value is -1.86. The zero-order chi connectivity index (χ0) is 19.9. The normalized spacial score (nSPS) is 11.0. The van der Waals surface area contributed by atoms with Crippen LogP contribution in [0.25, 0.3) is 0 Å². The molecule has 0 saturated carbocycles. The summed E-state index contributed by atoms with van der Waals surface area (Å²) in [5.74, 6) is -1.74. The molecule has 26 heavy (non-hydrogen) atoms. The van der Waals surface area contributed by atoms with Crippen LogP contribution in [0.3, 0.4) is 0 Å². The van der Waals surface area contributed by atoms with Crippen LogP contribution in [-0.4, -0.2) is 41.6 Å². The molecular weight excluding hydrogens is 383 g/mol. The zero-order valence-electron chi connectivity index (χ0n) is 15.2. The zero-order valence-corrected chi connectivity index (χ0v) is 16.7. The molecule has 0 aromatic carbocycles. The standard InChI is InChI=1S/C17H22Cl2N2O5/c1-5-25-15(23)8-14(22)21(12-7-13(19)20-10-11(12)18)17(3,4)9-16(24)26-6-2/h7,10H,5-6,8-9H2,1-4H3. The predicted octanol–water partition coefficient (Wildman–Crippen LogP) is 3.41. The summed E-state index contributed by atoms with van der Waals surface area (Å²) in [5.41, 5.74) is -0.792. The summed E-state index contributed by atoms with van der Waals surface area (Å²) >= 11 is 12.1. The summed E-state index contributed by atoms with van der Waals surface area (Å²) in [6.07, 6.45) is 0.687. The predicted molar refractivity (Wildman–Crippen MR) is 98.3 cm³/mol. The molecule has 0 saturated heterocycles. The molecule has 0 fully saturated rings. The highest BCUT2D eigenvalue weighted by Crippen LogP contribution is 2.34. The number of aromatic nitrogens is 1. The van der Waals surface area contributed by atoms with Crippen LogP contribution in [0.4, 0.5) is 5.69 Å². The van der Waals surface area contributed by atoms with Crippen molar-refractivity contribution in [1.29, 1.82) is 0 Å². The third kappa shape index (κ3) is 6.14. The molecule has 7 nitrogen and oxygen atoms in total. The van der Waals surface area contributed by atoms with Gasteiger partial charge < -0.3 is 14.4 Å². The number of halogens is 2. The Bertz CT molecular complexity index is 679. The number of pyridine rings is 1. The van der Waals surface area contributed by atoms with E-state index in [1.807, 2.05) is 0 Å². The quantitative estimate of drug-likeness (QED) is 0.374. The van der Waals surface area contributed by atoms with E-state index in [-0.39, 0.29) is 35.5 Å². The van der Waals surface area contributed by atoms with Gasteiger partial charge in [-0.3, -0.25) is 14.4 Å². The topological polar surface area (TPSA) is 85.8 Å². The summed E-state index contributed by atoms with van der Waals surface area (Å²) in [6.45, 7) is 7.03. The van der Waals surface area contributed by atoms with Crippen molar-refractivity contribution >= 4 is 46.7 Å². The van der Waals surface area contributed by atoms with Gasteiger partial charge in [-0.2, -0.15) is 0 Å². The molecule has 1 aromatic rings.